The Bertz CT molecular complexity index is 304. The fourth-order valence-corrected chi connectivity index (χ4v) is 0.966. The minimum Gasteiger partial charge on any atom is -0.396 e. The molecule has 2 N–H and O–H groups in total. The van der Waals surface area contributed by atoms with E-state index in [2.05, 4.69) is 15.3 Å². The summed E-state index contributed by atoms with van der Waals surface area (Å²) in [5.41, 5.74) is -0.169. The summed E-state index contributed by atoms with van der Waals surface area (Å²) in [6.45, 7) is 4.68. The molecule has 0 fully saturated rings. The third-order valence-corrected chi connectivity index (χ3v) is 1.98. The molecule has 0 bridgehead atoms. The van der Waals surface area contributed by atoms with E-state index in [-0.39, 0.29) is 17.3 Å². The Kier molecular flexibility index (Phi) is 3.66. The molecule has 0 spiro atoms. The van der Waals surface area contributed by atoms with Crippen LogP contribution in [0, 0.1) is 5.41 Å². The quantitative estimate of drug-likeness (QED) is 0.749. The van der Waals surface area contributed by atoms with Crippen LogP contribution in [0.3, 0.4) is 0 Å². The first-order valence-electron chi connectivity index (χ1n) is 4.37. The molecule has 0 aromatic carbocycles. The summed E-state index contributed by atoms with van der Waals surface area (Å²) in [5.74, 6) is 0.673. The van der Waals surface area contributed by atoms with Crippen LogP contribution in [-0.2, 0) is 0 Å². The Morgan fingerprint density at radius 3 is 2.86 bits per heavy atom. The lowest BCUT2D eigenvalue weighted by Crippen LogP contribution is -2.27. The van der Waals surface area contributed by atoms with Gasteiger partial charge < -0.3 is 10.4 Å². The van der Waals surface area contributed by atoms with Gasteiger partial charge in [-0.05, 0) is 17.7 Å². The fraction of sp³-hybridized carbons (Fsp3) is 0.556. The zero-order chi connectivity index (χ0) is 10.6. The Balaban J connectivity index is 2.54. The van der Waals surface area contributed by atoms with Crippen LogP contribution < -0.4 is 5.32 Å². The van der Waals surface area contributed by atoms with Gasteiger partial charge in [0.15, 0.2) is 0 Å². The highest BCUT2D eigenvalue weighted by Crippen LogP contribution is 2.14. The number of anilines is 1. The summed E-state index contributed by atoms with van der Waals surface area (Å²) in [6, 6.07) is 1.74. The monoisotopic (exact) mass is 215 g/mol. The zero-order valence-corrected chi connectivity index (χ0v) is 9.04. The Morgan fingerprint density at radius 1 is 1.57 bits per heavy atom. The van der Waals surface area contributed by atoms with Gasteiger partial charge >= 0.3 is 0 Å². The maximum absolute atomic E-state index is 9.03. The molecular formula is C9H14ClN3O. The van der Waals surface area contributed by atoms with Crippen LogP contribution in [0.25, 0.3) is 0 Å². The number of hydrogen-bond donors (Lipinski definition) is 2. The van der Waals surface area contributed by atoms with E-state index in [1.807, 2.05) is 13.8 Å². The lowest BCUT2D eigenvalue weighted by atomic mass is 9.95. The van der Waals surface area contributed by atoms with Crippen molar-refractivity contribution in [2.45, 2.75) is 13.8 Å². The largest absolute Gasteiger partial charge is 0.396 e. The highest BCUT2D eigenvalue weighted by Gasteiger charge is 2.15. The van der Waals surface area contributed by atoms with Gasteiger partial charge in [0.1, 0.15) is 5.82 Å². The molecule has 0 aliphatic carbocycles. The van der Waals surface area contributed by atoms with Crippen LogP contribution in [0.1, 0.15) is 13.8 Å². The lowest BCUT2D eigenvalue weighted by Gasteiger charge is -2.21. The molecule has 14 heavy (non-hydrogen) atoms. The molecule has 4 nitrogen and oxygen atoms in total. The lowest BCUT2D eigenvalue weighted by molar-refractivity contribution is 0.170. The SMILES string of the molecule is CC(C)(CO)CNc1ccnc(Cl)n1. The number of rotatable bonds is 4. The van der Waals surface area contributed by atoms with Crippen LogP contribution in [0.2, 0.25) is 5.28 Å². The van der Waals surface area contributed by atoms with Crippen LogP contribution in [-0.4, -0.2) is 28.2 Å². The first kappa shape index (κ1) is 11.2. The second kappa shape index (κ2) is 4.57. The summed E-state index contributed by atoms with van der Waals surface area (Å²) < 4.78 is 0. The third kappa shape index (κ3) is 3.47. The number of aliphatic hydroxyl groups excluding tert-OH is 1. The molecule has 78 valence electrons. The van der Waals surface area contributed by atoms with Crippen LogP contribution in [0.15, 0.2) is 12.3 Å². The molecule has 5 heteroatoms. The van der Waals surface area contributed by atoms with Crippen molar-refractivity contribution in [3.63, 3.8) is 0 Å². The number of nitrogens with one attached hydrogen (secondary N) is 1. The van der Waals surface area contributed by atoms with Crippen molar-refractivity contribution in [2.24, 2.45) is 5.41 Å². The summed E-state index contributed by atoms with van der Waals surface area (Å²) in [4.78, 5) is 7.74. The van der Waals surface area contributed by atoms with Crippen LogP contribution in [0.5, 0.6) is 0 Å². The van der Waals surface area contributed by atoms with E-state index in [0.717, 1.165) is 0 Å². The van der Waals surface area contributed by atoms with Gasteiger partial charge in [0.25, 0.3) is 0 Å². The van der Waals surface area contributed by atoms with Gasteiger partial charge in [0, 0.05) is 24.8 Å². The van der Waals surface area contributed by atoms with Crippen molar-refractivity contribution in [3.8, 4) is 0 Å². The summed E-state index contributed by atoms with van der Waals surface area (Å²) in [5, 5.41) is 12.3. The van der Waals surface area contributed by atoms with Gasteiger partial charge in [-0.2, -0.15) is 0 Å². The number of nitrogens with zero attached hydrogens (tertiary/aromatic N) is 2. The molecule has 0 amide bonds. The molecule has 0 aliphatic rings. The molecule has 1 heterocycles. The van der Waals surface area contributed by atoms with E-state index in [1.165, 1.54) is 0 Å². The molecule has 0 atom stereocenters. The average molecular weight is 216 g/mol. The Labute approximate surface area is 88.3 Å². The summed E-state index contributed by atoms with van der Waals surface area (Å²) in [6.07, 6.45) is 1.59. The highest BCUT2D eigenvalue weighted by molar-refractivity contribution is 6.28. The number of hydrogen-bond acceptors (Lipinski definition) is 4. The van der Waals surface area contributed by atoms with Crippen molar-refractivity contribution in [2.75, 3.05) is 18.5 Å². The van der Waals surface area contributed by atoms with Gasteiger partial charge in [0.2, 0.25) is 5.28 Å². The first-order valence-corrected chi connectivity index (χ1v) is 4.74. The van der Waals surface area contributed by atoms with Crippen molar-refractivity contribution in [1.82, 2.24) is 9.97 Å². The van der Waals surface area contributed by atoms with Crippen molar-refractivity contribution < 1.29 is 5.11 Å². The first-order chi connectivity index (χ1) is 6.53. The number of aliphatic hydroxyl groups is 1. The highest BCUT2D eigenvalue weighted by atomic mass is 35.5. The second-order valence-electron chi connectivity index (χ2n) is 3.89. The number of halogens is 1. The smallest absolute Gasteiger partial charge is 0.224 e. The standard InChI is InChI=1S/C9H14ClN3O/c1-9(2,6-14)5-12-7-3-4-11-8(10)13-7/h3-4,14H,5-6H2,1-2H3,(H,11,12,13). The molecular weight excluding hydrogens is 202 g/mol. The van der Waals surface area contributed by atoms with Gasteiger partial charge in [-0.1, -0.05) is 13.8 Å². The molecule has 0 aliphatic heterocycles. The normalized spacial score (nSPS) is 11.4. The molecule has 0 saturated carbocycles. The number of aromatic nitrogens is 2. The van der Waals surface area contributed by atoms with E-state index >= 15 is 0 Å². The van der Waals surface area contributed by atoms with Gasteiger partial charge in [-0.3, -0.25) is 0 Å². The Hall–Kier alpha value is -0.870. The summed E-state index contributed by atoms with van der Waals surface area (Å²) >= 11 is 5.62. The average Bonchev–Trinajstić information content (AvgIpc) is 2.15. The van der Waals surface area contributed by atoms with Gasteiger partial charge in [0.05, 0.1) is 0 Å². The van der Waals surface area contributed by atoms with Crippen LogP contribution >= 0.6 is 11.6 Å². The van der Waals surface area contributed by atoms with E-state index < -0.39 is 0 Å². The molecule has 1 aromatic rings. The van der Waals surface area contributed by atoms with E-state index in [0.29, 0.717) is 12.4 Å². The van der Waals surface area contributed by atoms with E-state index in [1.54, 1.807) is 12.3 Å². The molecule has 1 aromatic heterocycles. The molecule has 0 saturated heterocycles. The minimum absolute atomic E-state index is 0.124. The van der Waals surface area contributed by atoms with Crippen molar-refractivity contribution >= 4 is 17.4 Å². The predicted octanol–water partition coefficient (Wildman–Crippen LogP) is 1.56. The molecule has 0 unspecified atom stereocenters. The second-order valence-corrected chi connectivity index (χ2v) is 4.22. The van der Waals surface area contributed by atoms with Crippen molar-refractivity contribution in [3.05, 3.63) is 17.5 Å². The third-order valence-electron chi connectivity index (χ3n) is 1.80. The molecule has 1 rings (SSSR count). The van der Waals surface area contributed by atoms with Gasteiger partial charge in [-0.15, -0.1) is 0 Å². The van der Waals surface area contributed by atoms with Crippen molar-refractivity contribution in [1.29, 1.82) is 0 Å². The maximum Gasteiger partial charge on any atom is 0.224 e. The zero-order valence-electron chi connectivity index (χ0n) is 8.29. The van der Waals surface area contributed by atoms with E-state index in [4.69, 9.17) is 16.7 Å². The fourth-order valence-electron chi connectivity index (χ4n) is 0.819. The summed E-state index contributed by atoms with van der Waals surface area (Å²) in [7, 11) is 0. The Morgan fingerprint density at radius 2 is 2.29 bits per heavy atom. The van der Waals surface area contributed by atoms with Gasteiger partial charge in [-0.25, -0.2) is 9.97 Å². The molecule has 0 radical (unpaired) electrons. The minimum atomic E-state index is -0.169. The topological polar surface area (TPSA) is 58.0 Å². The maximum atomic E-state index is 9.03. The van der Waals surface area contributed by atoms with E-state index in [9.17, 15) is 0 Å². The predicted molar refractivity (Wildman–Crippen MR) is 56.4 cm³/mol. The van der Waals surface area contributed by atoms with Crippen LogP contribution in [0.4, 0.5) is 5.82 Å².